The van der Waals surface area contributed by atoms with Gasteiger partial charge in [-0.15, -0.1) is 0 Å². The Balaban J connectivity index is 2.89. The van der Waals surface area contributed by atoms with E-state index in [4.69, 9.17) is 0 Å². The average molecular weight is 260 g/mol. The summed E-state index contributed by atoms with van der Waals surface area (Å²) in [6.45, 7) is 2.46. The monoisotopic (exact) mass is 259 g/mol. The van der Waals surface area contributed by atoms with Crippen LogP contribution in [0.15, 0.2) is 24.3 Å². The van der Waals surface area contributed by atoms with E-state index in [-0.39, 0.29) is 17.1 Å². The van der Waals surface area contributed by atoms with E-state index in [0.717, 1.165) is 5.69 Å². The normalized spacial score (nSPS) is 9.93. The Labute approximate surface area is 90.8 Å². The molecular formula is C10H11BrFNO. The van der Waals surface area contributed by atoms with Gasteiger partial charge in [-0.25, -0.2) is 4.39 Å². The lowest BCUT2D eigenvalue weighted by atomic mass is 10.3. The molecule has 0 bridgehead atoms. The number of anilines is 1. The molecule has 0 radical (unpaired) electrons. The molecule has 0 aliphatic carbocycles. The second-order valence-electron chi connectivity index (χ2n) is 2.75. The van der Waals surface area contributed by atoms with Gasteiger partial charge in [0.25, 0.3) is 0 Å². The van der Waals surface area contributed by atoms with Crippen LogP contribution in [0.3, 0.4) is 0 Å². The zero-order chi connectivity index (χ0) is 10.6. The van der Waals surface area contributed by atoms with E-state index in [1.807, 2.05) is 6.92 Å². The summed E-state index contributed by atoms with van der Waals surface area (Å²) >= 11 is 3.10. The predicted molar refractivity (Wildman–Crippen MR) is 58.2 cm³/mol. The maximum absolute atomic E-state index is 12.6. The van der Waals surface area contributed by atoms with Gasteiger partial charge in [-0.2, -0.15) is 0 Å². The van der Waals surface area contributed by atoms with Crippen molar-refractivity contribution in [2.24, 2.45) is 0 Å². The van der Waals surface area contributed by atoms with Gasteiger partial charge in [0.1, 0.15) is 5.82 Å². The molecule has 0 saturated heterocycles. The first kappa shape index (κ1) is 11.2. The number of carbonyl (C=O) groups excluding carboxylic acids is 1. The number of rotatable bonds is 3. The van der Waals surface area contributed by atoms with Crippen LogP contribution in [0.1, 0.15) is 6.92 Å². The predicted octanol–water partition coefficient (Wildman–Crippen LogP) is 2.57. The van der Waals surface area contributed by atoms with Crippen LogP contribution in [0.5, 0.6) is 0 Å². The standard InChI is InChI=1S/C10H11BrFNO/c1-2-13(10(14)7-11)9-5-3-8(12)4-6-9/h3-6H,2,7H2,1H3. The van der Waals surface area contributed by atoms with E-state index >= 15 is 0 Å². The van der Waals surface area contributed by atoms with Gasteiger partial charge in [-0.1, -0.05) is 15.9 Å². The van der Waals surface area contributed by atoms with Crippen molar-refractivity contribution in [3.05, 3.63) is 30.1 Å². The molecule has 0 aliphatic heterocycles. The van der Waals surface area contributed by atoms with E-state index in [2.05, 4.69) is 15.9 Å². The first-order valence-corrected chi connectivity index (χ1v) is 5.43. The fourth-order valence-corrected chi connectivity index (χ4v) is 1.50. The number of hydrogen-bond donors (Lipinski definition) is 0. The van der Waals surface area contributed by atoms with Crippen molar-refractivity contribution in [2.45, 2.75) is 6.92 Å². The third-order valence-electron chi connectivity index (χ3n) is 1.87. The number of carbonyl (C=O) groups is 1. The lowest BCUT2D eigenvalue weighted by Crippen LogP contribution is -2.31. The third kappa shape index (κ3) is 2.54. The van der Waals surface area contributed by atoms with Crippen molar-refractivity contribution in [3.8, 4) is 0 Å². The number of amides is 1. The van der Waals surface area contributed by atoms with Gasteiger partial charge in [0.05, 0.1) is 5.33 Å². The second kappa shape index (κ2) is 5.10. The first-order valence-electron chi connectivity index (χ1n) is 4.31. The average Bonchev–Trinajstić information content (AvgIpc) is 2.21. The molecule has 0 fully saturated rings. The highest BCUT2D eigenvalue weighted by molar-refractivity contribution is 9.09. The van der Waals surface area contributed by atoms with Crippen molar-refractivity contribution in [3.63, 3.8) is 0 Å². The summed E-state index contributed by atoms with van der Waals surface area (Å²) in [5.74, 6) is -0.324. The lowest BCUT2D eigenvalue weighted by Gasteiger charge is -2.19. The van der Waals surface area contributed by atoms with Crippen LogP contribution in [0, 0.1) is 5.82 Å². The van der Waals surface area contributed by atoms with E-state index in [9.17, 15) is 9.18 Å². The van der Waals surface area contributed by atoms with Gasteiger partial charge in [0.15, 0.2) is 0 Å². The molecule has 2 nitrogen and oxygen atoms in total. The molecule has 0 aromatic heterocycles. The summed E-state index contributed by atoms with van der Waals surface area (Å²) in [4.78, 5) is 13.0. The van der Waals surface area contributed by atoms with E-state index in [1.54, 1.807) is 17.0 Å². The Kier molecular flexibility index (Phi) is 4.07. The highest BCUT2D eigenvalue weighted by atomic mass is 79.9. The second-order valence-corrected chi connectivity index (χ2v) is 3.31. The minimum Gasteiger partial charge on any atom is -0.312 e. The molecule has 1 aromatic rings. The molecule has 0 saturated carbocycles. The quantitative estimate of drug-likeness (QED) is 0.765. The Bertz CT molecular complexity index is 312. The minimum atomic E-state index is -0.295. The Hall–Kier alpha value is -0.900. The smallest absolute Gasteiger partial charge is 0.237 e. The summed E-state index contributed by atoms with van der Waals surface area (Å²) in [6, 6.07) is 5.89. The number of benzene rings is 1. The van der Waals surface area contributed by atoms with Gasteiger partial charge in [-0.3, -0.25) is 4.79 Å². The molecule has 4 heteroatoms. The molecule has 0 atom stereocenters. The molecular weight excluding hydrogens is 249 g/mol. The molecule has 1 rings (SSSR count). The number of hydrogen-bond acceptors (Lipinski definition) is 1. The van der Waals surface area contributed by atoms with Crippen LogP contribution in [0.25, 0.3) is 0 Å². The zero-order valence-corrected chi connectivity index (χ0v) is 9.42. The Morgan fingerprint density at radius 3 is 2.43 bits per heavy atom. The third-order valence-corrected chi connectivity index (χ3v) is 2.35. The van der Waals surface area contributed by atoms with Crippen LogP contribution in [-0.2, 0) is 4.79 Å². The Morgan fingerprint density at radius 2 is 2.00 bits per heavy atom. The Morgan fingerprint density at radius 1 is 1.43 bits per heavy atom. The molecule has 0 spiro atoms. The van der Waals surface area contributed by atoms with Gasteiger partial charge in [0, 0.05) is 12.2 Å². The van der Waals surface area contributed by atoms with Gasteiger partial charge < -0.3 is 4.90 Å². The molecule has 0 heterocycles. The van der Waals surface area contributed by atoms with E-state index < -0.39 is 0 Å². The van der Waals surface area contributed by atoms with Crippen molar-refractivity contribution in [1.82, 2.24) is 0 Å². The van der Waals surface area contributed by atoms with Crippen molar-refractivity contribution in [1.29, 1.82) is 0 Å². The summed E-state index contributed by atoms with van der Waals surface area (Å²) in [5, 5.41) is 0.276. The molecule has 14 heavy (non-hydrogen) atoms. The van der Waals surface area contributed by atoms with Crippen molar-refractivity contribution in [2.75, 3.05) is 16.8 Å². The number of nitrogens with zero attached hydrogens (tertiary/aromatic N) is 1. The fraction of sp³-hybridized carbons (Fsp3) is 0.300. The largest absolute Gasteiger partial charge is 0.312 e. The number of halogens is 2. The van der Waals surface area contributed by atoms with Crippen molar-refractivity contribution < 1.29 is 9.18 Å². The highest BCUT2D eigenvalue weighted by Gasteiger charge is 2.11. The molecule has 1 aromatic carbocycles. The van der Waals surface area contributed by atoms with Gasteiger partial charge >= 0.3 is 0 Å². The van der Waals surface area contributed by atoms with Crippen LogP contribution in [-0.4, -0.2) is 17.8 Å². The molecule has 0 unspecified atom stereocenters. The first-order chi connectivity index (χ1) is 6.69. The van der Waals surface area contributed by atoms with Crippen LogP contribution < -0.4 is 4.90 Å². The van der Waals surface area contributed by atoms with Crippen LogP contribution >= 0.6 is 15.9 Å². The molecule has 0 aliphatic rings. The summed E-state index contributed by atoms with van der Waals surface area (Å²) in [7, 11) is 0. The van der Waals surface area contributed by atoms with Crippen molar-refractivity contribution >= 4 is 27.5 Å². The minimum absolute atomic E-state index is 0.0286. The SMILES string of the molecule is CCN(C(=O)CBr)c1ccc(F)cc1. The highest BCUT2D eigenvalue weighted by Crippen LogP contribution is 2.15. The fourth-order valence-electron chi connectivity index (χ4n) is 1.20. The van der Waals surface area contributed by atoms with Gasteiger partial charge in [-0.05, 0) is 31.2 Å². The maximum atomic E-state index is 12.6. The molecule has 0 N–H and O–H groups in total. The van der Waals surface area contributed by atoms with E-state index in [1.165, 1.54) is 12.1 Å². The summed E-state index contributed by atoms with van der Waals surface area (Å²) in [6.07, 6.45) is 0. The summed E-state index contributed by atoms with van der Waals surface area (Å²) in [5.41, 5.74) is 0.721. The van der Waals surface area contributed by atoms with Crippen LogP contribution in [0.2, 0.25) is 0 Å². The molecule has 76 valence electrons. The lowest BCUT2D eigenvalue weighted by molar-refractivity contribution is -0.116. The van der Waals surface area contributed by atoms with Crippen LogP contribution in [0.4, 0.5) is 10.1 Å². The van der Waals surface area contributed by atoms with E-state index in [0.29, 0.717) is 6.54 Å². The summed E-state index contributed by atoms with van der Waals surface area (Å²) < 4.78 is 12.6. The topological polar surface area (TPSA) is 20.3 Å². The maximum Gasteiger partial charge on any atom is 0.237 e. The molecule has 1 amide bonds. The zero-order valence-electron chi connectivity index (χ0n) is 7.84. The number of alkyl halides is 1. The van der Waals surface area contributed by atoms with Gasteiger partial charge in [0.2, 0.25) is 5.91 Å².